The van der Waals surface area contributed by atoms with Crippen molar-refractivity contribution >= 4 is 27.5 Å². The highest BCUT2D eigenvalue weighted by Gasteiger charge is 2.20. The van der Waals surface area contributed by atoms with Crippen molar-refractivity contribution in [3.05, 3.63) is 28.3 Å². The van der Waals surface area contributed by atoms with Gasteiger partial charge in [-0.3, -0.25) is 14.3 Å². The van der Waals surface area contributed by atoms with Crippen molar-refractivity contribution in [3.8, 4) is 0 Å². The average Bonchev–Trinajstić information content (AvgIpc) is 3.05. The number of non-ortho nitro benzene ring substituents is 1. The predicted molar refractivity (Wildman–Crippen MR) is 75.0 cm³/mol. The Morgan fingerprint density at radius 2 is 2.35 bits per heavy atom. The maximum Gasteiger partial charge on any atom is 0.271 e. The van der Waals surface area contributed by atoms with Gasteiger partial charge in [-0.15, -0.1) is 0 Å². The number of rotatable bonds is 4. The lowest BCUT2D eigenvalue weighted by atomic mass is 10.2. The summed E-state index contributed by atoms with van der Waals surface area (Å²) in [5, 5.41) is 14.4. The smallest absolute Gasteiger partial charge is 0.271 e. The number of imidazole rings is 1. The van der Waals surface area contributed by atoms with E-state index in [9.17, 15) is 14.3 Å². The predicted octanol–water partition coefficient (Wildman–Crippen LogP) is 1.19. The molecule has 7 nitrogen and oxygen atoms in total. The van der Waals surface area contributed by atoms with Crippen LogP contribution in [0.25, 0.3) is 11.0 Å². The molecule has 0 bridgehead atoms. The van der Waals surface area contributed by atoms with Crippen molar-refractivity contribution in [2.75, 3.05) is 18.8 Å². The highest BCUT2D eigenvalue weighted by molar-refractivity contribution is 7.84. The first-order chi connectivity index (χ1) is 9.63. The molecule has 0 radical (unpaired) electrons. The van der Waals surface area contributed by atoms with Gasteiger partial charge in [0.05, 0.1) is 26.8 Å². The van der Waals surface area contributed by atoms with Crippen LogP contribution in [0.15, 0.2) is 23.4 Å². The van der Waals surface area contributed by atoms with Crippen molar-refractivity contribution in [1.29, 1.82) is 0 Å². The van der Waals surface area contributed by atoms with Gasteiger partial charge in [-0.05, 0) is 31.5 Å². The molecule has 20 heavy (non-hydrogen) atoms. The van der Waals surface area contributed by atoms with E-state index in [-0.39, 0.29) is 5.69 Å². The fraction of sp³-hybridized carbons (Fsp3) is 0.417. The Morgan fingerprint density at radius 3 is 3.05 bits per heavy atom. The van der Waals surface area contributed by atoms with Crippen LogP contribution in [0.2, 0.25) is 0 Å². The van der Waals surface area contributed by atoms with E-state index in [1.54, 1.807) is 6.07 Å². The number of aromatic amines is 1. The van der Waals surface area contributed by atoms with Gasteiger partial charge in [-0.2, -0.15) is 0 Å². The third-order valence-corrected chi connectivity index (χ3v) is 4.82. The summed E-state index contributed by atoms with van der Waals surface area (Å²) in [6.45, 7) is 1.85. The number of aromatic nitrogens is 2. The van der Waals surface area contributed by atoms with E-state index in [4.69, 9.17) is 0 Å². The number of hydrogen-bond acceptors (Lipinski definition) is 5. The van der Waals surface area contributed by atoms with Gasteiger partial charge in [0.2, 0.25) is 0 Å². The Morgan fingerprint density at radius 1 is 1.50 bits per heavy atom. The summed E-state index contributed by atoms with van der Waals surface area (Å²) >= 11 is 0. The molecule has 2 atom stereocenters. The van der Waals surface area contributed by atoms with Gasteiger partial charge < -0.3 is 10.3 Å². The molecule has 2 aromatic rings. The Bertz CT molecular complexity index is 678. The minimum atomic E-state index is -1.20. The lowest BCUT2D eigenvalue weighted by Gasteiger charge is -2.05. The third-order valence-electron chi connectivity index (χ3n) is 3.42. The van der Waals surface area contributed by atoms with E-state index in [1.165, 1.54) is 12.1 Å². The van der Waals surface area contributed by atoms with Gasteiger partial charge in [0.1, 0.15) is 0 Å². The summed E-state index contributed by atoms with van der Waals surface area (Å²) in [6.07, 6.45) is 1.03. The van der Waals surface area contributed by atoms with Crippen molar-refractivity contribution in [1.82, 2.24) is 15.3 Å². The van der Waals surface area contributed by atoms with E-state index in [0.29, 0.717) is 27.9 Å². The average molecular weight is 294 g/mol. The number of benzene rings is 1. The molecule has 0 amide bonds. The molecule has 1 aromatic carbocycles. The van der Waals surface area contributed by atoms with Gasteiger partial charge in [-0.1, -0.05) is 0 Å². The van der Waals surface area contributed by atoms with Gasteiger partial charge in [-0.25, -0.2) is 4.98 Å². The van der Waals surface area contributed by atoms with Crippen molar-refractivity contribution < 1.29 is 9.13 Å². The molecule has 0 saturated carbocycles. The van der Waals surface area contributed by atoms with Crippen molar-refractivity contribution in [3.63, 3.8) is 0 Å². The first kappa shape index (κ1) is 13.2. The van der Waals surface area contributed by atoms with Gasteiger partial charge in [0.15, 0.2) is 5.16 Å². The first-order valence-corrected chi connectivity index (χ1v) is 7.68. The Labute approximate surface area is 117 Å². The van der Waals surface area contributed by atoms with Crippen LogP contribution in [0.5, 0.6) is 0 Å². The highest BCUT2D eigenvalue weighted by atomic mass is 32.2. The Hall–Kier alpha value is -1.80. The zero-order chi connectivity index (χ0) is 14.1. The summed E-state index contributed by atoms with van der Waals surface area (Å²) in [5.74, 6) is 0.966. The van der Waals surface area contributed by atoms with Crippen LogP contribution < -0.4 is 5.32 Å². The second-order valence-corrected chi connectivity index (χ2v) is 6.28. The van der Waals surface area contributed by atoms with E-state index in [2.05, 4.69) is 15.3 Å². The minimum Gasteiger partial charge on any atom is -0.331 e. The molecule has 0 aliphatic carbocycles. The Balaban J connectivity index is 1.84. The number of nitro benzene ring substituents is 1. The van der Waals surface area contributed by atoms with Crippen molar-refractivity contribution in [2.24, 2.45) is 5.92 Å². The molecule has 1 fully saturated rings. The molecule has 0 spiro atoms. The third kappa shape index (κ3) is 2.56. The fourth-order valence-electron chi connectivity index (χ4n) is 2.35. The minimum absolute atomic E-state index is 0.00141. The van der Waals surface area contributed by atoms with Crippen LogP contribution in [0.4, 0.5) is 5.69 Å². The van der Waals surface area contributed by atoms with Crippen LogP contribution in [0.1, 0.15) is 6.42 Å². The molecule has 2 N–H and O–H groups in total. The lowest BCUT2D eigenvalue weighted by molar-refractivity contribution is -0.384. The highest BCUT2D eigenvalue weighted by Crippen LogP contribution is 2.21. The molecular formula is C12H14N4O3S. The quantitative estimate of drug-likeness (QED) is 0.651. The maximum atomic E-state index is 12.2. The number of hydrogen-bond donors (Lipinski definition) is 2. The monoisotopic (exact) mass is 294 g/mol. The zero-order valence-corrected chi connectivity index (χ0v) is 11.5. The summed E-state index contributed by atoms with van der Waals surface area (Å²) in [7, 11) is -1.20. The Kier molecular flexibility index (Phi) is 3.49. The van der Waals surface area contributed by atoms with Gasteiger partial charge in [0, 0.05) is 17.9 Å². The molecule has 1 aliphatic heterocycles. The van der Waals surface area contributed by atoms with Crippen LogP contribution in [-0.2, 0) is 10.8 Å². The van der Waals surface area contributed by atoms with E-state index < -0.39 is 15.7 Å². The fourth-order valence-corrected chi connectivity index (χ4v) is 3.64. The summed E-state index contributed by atoms with van der Waals surface area (Å²) in [5.41, 5.74) is 1.15. The molecule has 106 valence electrons. The molecule has 8 heteroatoms. The van der Waals surface area contributed by atoms with E-state index in [0.717, 1.165) is 19.5 Å². The van der Waals surface area contributed by atoms with Crippen LogP contribution in [0.3, 0.4) is 0 Å². The molecule has 3 rings (SSSR count). The second kappa shape index (κ2) is 5.29. The topological polar surface area (TPSA) is 101 Å². The van der Waals surface area contributed by atoms with Crippen LogP contribution in [-0.4, -0.2) is 37.9 Å². The molecule has 1 saturated heterocycles. The number of H-pyrrole nitrogens is 1. The first-order valence-electron chi connectivity index (χ1n) is 6.37. The standard InChI is InChI=1S/C12H14N4O3S/c17-16(18)9-1-2-10-11(5-9)15-12(14-10)20(19)7-8-3-4-13-6-8/h1-2,5,8,13H,3-4,6-7H2,(H,14,15)/t8-,20+/m0/s1. The molecular weight excluding hydrogens is 280 g/mol. The molecule has 1 aliphatic rings. The van der Waals surface area contributed by atoms with Gasteiger partial charge in [0.25, 0.3) is 5.69 Å². The number of nitrogens with zero attached hydrogens (tertiary/aromatic N) is 2. The van der Waals surface area contributed by atoms with Crippen LogP contribution in [0, 0.1) is 16.0 Å². The van der Waals surface area contributed by atoms with E-state index in [1.807, 2.05) is 0 Å². The summed E-state index contributed by atoms with van der Waals surface area (Å²) in [6, 6.07) is 4.39. The lowest BCUT2D eigenvalue weighted by Crippen LogP contribution is -2.15. The number of nitrogens with one attached hydrogen (secondary N) is 2. The number of nitro groups is 1. The number of fused-ring (bicyclic) bond motifs is 1. The van der Waals surface area contributed by atoms with E-state index >= 15 is 0 Å². The molecule has 1 aromatic heterocycles. The van der Waals surface area contributed by atoms with Crippen LogP contribution >= 0.6 is 0 Å². The zero-order valence-electron chi connectivity index (χ0n) is 10.7. The second-order valence-electron chi connectivity index (χ2n) is 4.87. The summed E-state index contributed by atoms with van der Waals surface area (Å²) < 4.78 is 12.2. The normalized spacial score (nSPS) is 20.3. The molecule has 0 unspecified atom stereocenters. The largest absolute Gasteiger partial charge is 0.331 e. The SMILES string of the molecule is O=[N+]([O-])c1ccc2nc([S@](=O)C[C@H]3CCNC3)[nH]c2c1. The van der Waals surface area contributed by atoms with Crippen molar-refractivity contribution in [2.45, 2.75) is 11.6 Å². The van der Waals surface area contributed by atoms with Gasteiger partial charge >= 0.3 is 0 Å². The maximum absolute atomic E-state index is 12.2. The summed E-state index contributed by atoms with van der Waals surface area (Å²) in [4.78, 5) is 17.4. The molecule has 2 heterocycles.